The number of ether oxygens (including phenoxy) is 10. The molecule has 59 heavy (non-hydrogen) atoms. The van der Waals surface area contributed by atoms with Gasteiger partial charge in [-0.1, -0.05) is 12.1 Å². The van der Waals surface area contributed by atoms with Crippen molar-refractivity contribution in [3.05, 3.63) is 46.5 Å². The van der Waals surface area contributed by atoms with Crippen molar-refractivity contribution in [2.45, 2.75) is 110 Å². The quantitative estimate of drug-likeness (QED) is 0.198. The molecule has 2 N–H and O–H groups in total. The van der Waals surface area contributed by atoms with E-state index in [1.807, 2.05) is 0 Å². The number of benzene rings is 2. The first-order valence-electron chi connectivity index (χ1n) is 18.1. The molecule has 2 saturated heterocycles. The summed E-state index contributed by atoms with van der Waals surface area (Å²) in [5, 5.41) is 24.4. The maximum absolute atomic E-state index is 14.3. The summed E-state index contributed by atoms with van der Waals surface area (Å²) in [6.07, 6.45) is -14.5. The molecule has 0 amide bonds. The van der Waals surface area contributed by atoms with Crippen molar-refractivity contribution < 1.29 is 95.9 Å². The van der Waals surface area contributed by atoms with Crippen LogP contribution in [0.5, 0.6) is 23.0 Å². The van der Waals surface area contributed by atoms with Crippen molar-refractivity contribution in [1.29, 1.82) is 0 Å². The molecule has 2 aromatic rings. The topological polar surface area (TPSA) is 269 Å². The lowest BCUT2D eigenvalue weighted by Crippen LogP contribution is -2.55. The third kappa shape index (κ3) is 9.89. The van der Waals surface area contributed by atoms with Crippen LogP contribution < -0.4 is 9.47 Å². The number of rotatable bonds is 10. The van der Waals surface area contributed by atoms with Gasteiger partial charge in [0.2, 0.25) is 0 Å². The van der Waals surface area contributed by atoms with E-state index in [1.165, 1.54) is 31.2 Å². The van der Waals surface area contributed by atoms with Crippen LogP contribution in [0.15, 0.2) is 24.3 Å². The van der Waals surface area contributed by atoms with Crippen LogP contribution in [0.1, 0.15) is 100 Å². The zero-order chi connectivity index (χ0) is 43.5. The van der Waals surface area contributed by atoms with Crippen molar-refractivity contribution >= 4 is 47.6 Å². The molecule has 0 aliphatic carbocycles. The van der Waals surface area contributed by atoms with E-state index in [-0.39, 0.29) is 5.75 Å². The molecular formula is C39H42O20. The van der Waals surface area contributed by atoms with E-state index < -0.39 is 156 Å². The lowest BCUT2D eigenvalue weighted by atomic mass is 9.83. The molecule has 2 aromatic carbocycles. The summed E-state index contributed by atoms with van der Waals surface area (Å²) in [7, 11) is 0. The van der Waals surface area contributed by atoms with Crippen LogP contribution in [0.25, 0.3) is 0 Å². The van der Waals surface area contributed by atoms with Crippen LogP contribution in [0.2, 0.25) is 0 Å². The van der Waals surface area contributed by atoms with Gasteiger partial charge < -0.3 is 57.6 Å². The van der Waals surface area contributed by atoms with Crippen molar-refractivity contribution in [1.82, 2.24) is 0 Å². The maximum atomic E-state index is 14.3. The Balaban J connectivity index is 1.77. The van der Waals surface area contributed by atoms with Crippen molar-refractivity contribution in [2.75, 3.05) is 13.2 Å². The van der Waals surface area contributed by atoms with Gasteiger partial charge in [0.15, 0.2) is 42.4 Å². The number of hydrogen-bond acceptors (Lipinski definition) is 20. The summed E-state index contributed by atoms with van der Waals surface area (Å²) in [4.78, 5) is 99.9. The molecule has 5 rings (SSSR count). The molecule has 20 heteroatoms. The van der Waals surface area contributed by atoms with Crippen LogP contribution in [-0.4, -0.2) is 108 Å². The van der Waals surface area contributed by atoms with E-state index in [1.54, 1.807) is 0 Å². The van der Waals surface area contributed by atoms with Gasteiger partial charge in [0.05, 0.1) is 30.8 Å². The minimum absolute atomic E-state index is 0.181. The number of ketones is 1. The largest absolute Gasteiger partial charge is 0.507 e. The highest BCUT2D eigenvalue weighted by atomic mass is 16.7. The van der Waals surface area contributed by atoms with Gasteiger partial charge in [0.25, 0.3) is 0 Å². The number of aromatic hydroxyl groups is 2. The fourth-order valence-electron chi connectivity index (χ4n) is 7.19. The maximum Gasteiger partial charge on any atom is 0.308 e. The number of esters is 7. The Morgan fingerprint density at radius 3 is 1.41 bits per heavy atom. The first-order chi connectivity index (χ1) is 27.8. The average molecular weight is 831 g/mol. The molecule has 3 aliphatic rings. The molecular weight excluding hydrogens is 788 g/mol. The second-order valence-corrected chi connectivity index (χ2v) is 13.7. The normalized spacial score (nSPS) is 26.2. The molecule has 318 valence electrons. The third-order valence-corrected chi connectivity index (χ3v) is 9.17. The molecule has 9 atom stereocenters. The molecule has 3 heterocycles. The molecule has 0 bridgehead atoms. The molecule has 20 nitrogen and oxygen atoms in total. The number of phenolic OH excluding ortho intramolecular Hbond substituents is 2. The summed E-state index contributed by atoms with van der Waals surface area (Å²) in [6, 6.07) is 5.89. The molecule has 3 aliphatic heterocycles. The van der Waals surface area contributed by atoms with Crippen LogP contribution >= 0.6 is 0 Å². The molecule has 0 saturated carbocycles. The minimum Gasteiger partial charge on any atom is -0.507 e. The van der Waals surface area contributed by atoms with Gasteiger partial charge in [-0.15, -0.1) is 0 Å². The Morgan fingerprint density at radius 2 is 0.983 bits per heavy atom. The Kier molecular flexibility index (Phi) is 13.5. The molecule has 0 spiro atoms. The van der Waals surface area contributed by atoms with Crippen LogP contribution in [0.3, 0.4) is 0 Å². The second-order valence-electron chi connectivity index (χ2n) is 13.7. The van der Waals surface area contributed by atoms with Gasteiger partial charge in [0, 0.05) is 48.5 Å². The zero-order valence-electron chi connectivity index (χ0n) is 32.9. The molecule has 0 radical (unpaired) electrons. The standard InChI is InChI=1S/C39H42O20/c1-15(40)52-23-10-8-22(9-11-23)25-12-24(47)28-31(48)29(36-38(57-20(6)45)33(55-18(4)43)26(13-50-36)53-16(2)41)32(49)30(35(28)59-25)37-39(58-21(7)46)34(56-19(5)44)27(14-51-37)54-17(3)42/h8-11,25-27,33-34,36-39,48-49H,12-14H2,1-7H3/t25?,26-,27+,33-,34-,36-,37-,38+,39+/m0/s1. The highest BCUT2D eigenvalue weighted by molar-refractivity contribution is 6.04. The fourth-order valence-corrected chi connectivity index (χ4v) is 7.19. The van der Waals surface area contributed by atoms with Crippen molar-refractivity contribution in [3.63, 3.8) is 0 Å². The highest BCUT2D eigenvalue weighted by Crippen LogP contribution is 2.56. The van der Waals surface area contributed by atoms with Gasteiger partial charge in [0.1, 0.15) is 46.9 Å². The van der Waals surface area contributed by atoms with Crippen LogP contribution in [0.4, 0.5) is 0 Å². The van der Waals surface area contributed by atoms with E-state index in [2.05, 4.69) is 0 Å². The molecule has 0 aromatic heterocycles. The van der Waals surface area contributed by atoms with Gasteiger partial charge in [-0.05, 0) is 17.7 Å². The first-order valence-corrected chi connectivity index (χ1v) is 18.1. The Labute approximate surface area is 335 Å². The summed E-state index contributed by atoms with van der Waals surface area (Å²) in [5.41, 5.74) is -1.27. The fraction of sp³-hybridized carbons (Fsp3) is 0.487. The number of hydrogen-bond donors (Lipinski definition) is 2. The van der Waals surface area contributed by atoms with Crippen molar-refractivity contribution in [2.24, 2.45) is 0 Å². The Bertz CT molecular complexity index is 2020. The first kappa shape index (κ1) is 43.8. The summed E-state index contributed by atoms with van der Waals surface area (Å²) < 4.78 is 56.3. The van der Waals surface area contributed by atoms with E-state index in [4.69, 9.17) is 47.4 Å². The van der Waals surface area contributed by atoms with Gasteiger partial charge in [-0.3, -0.25) is 38.4 Å². The average Bonchev–Trinajstić information content (AvgIpc) is 3.11. The summed E-state index contributed by atoms with van der Waals surface area (Å²) >= 11 is 0. The predicted octanol–water partition coefficient (Wildman–Crippen LogP) is 2.46. The van der Waals surface area contributed by atoms with E-state index in [0.717, 1.165) is 41.5 Å². The lowest BCUT2D eigenvalue weighted by molar-refractivity contribution is -0.228. The van der Waals surface area contributed by atoms with Crippen LogP contribution in [-0.2, 0) is 71.5 Å². The lowest BCUT2D eigenvalue weighted by Gasteiger charge is -2.43. The monoisotopic (exact) mass is 830 g/mol. The Morgan fingerprint density at radius 1 is 0.559 bits per heavy atom. The molecule has 2 fully saturated rings. The highest BCUT2D eigenvalue weighted by Gasteiger charge is 2.54. The number of Topliss-reactive ketones (excluding diaryl/α,β-unsaturated/α-hetero) is 1. The summed E-state index contributed by atoms with van der Waals surface area (Å²) in [6.45, 7) is 6.32. The van der Waals surface area contributed by atoms with Gasteiger partial charge >= 0.3 is 41.8 Å². The third-order valence-electron chi connectivity index (χ3n) is 9.17. The SMILES string of the molecule is CC(=O)Oc1ccc(C2CC(=O)c3c(O)c([C@@H]4OC[C@H](OC(C)=O)[C@H](OC(C)=O)[C@H]4OC(C)=O)c(O)c([C@@H]4OC[C@@H](OC(C)=O)[C@H](OC(C)=O)[C@H]4OC(C)=O)c3O2)cc1. The zero-order valence-corrected chi connectivity index (χ0v) is 32.9. The predicted molar refractivity (Wildman–Crippen MR) is 191 cm³/mol. The van der Waals surface area contributed by atoms with Gasteiger partial charge in [-0.2, -0.15) is 0 Å². The second kappa shape index (κ2) is 18.1. The van der Waals surface area contributed by atoms with E-state index >= 15 is 0 Å². The van der Waals surface area contributed by atoms with Crippen LogP contribution in [0, 0.1) is 0 Å². The minimum atomic E-state index is -1.78. The summed E-state index contributed by atoms with van der Waals surface area (Å²) in [5.74, 6) is -8.90. The van der Waals surface area contributed by atoms with E-state index in [0.29, 0.717) is 5.56 Å². The molecule has 1 unspecified atom stereocenters. The smallest absolute Gasteiger partial charge is 0.308 e. The van der Waals surface area contributed by atoms with Gasteiger partial charge in [-0.25, -0.2) is 0 Å². The van der Waals surface area contributed by atoms with Crippen molar-refractivity contribution in [3.8, 4) is 23.0 Å². The Hall–Kier alpha value is -6.28. The number of carbonyl (C=O) groups excluding carboxylic acids is 8. The number of phenols is 2. The number of fused-ring (bicyclic) bond motifs is 1. The van der Waals surface area contributed by atoms with E-state index in [9.17, 15) is 48.6 Å². The number of carbonyl (C=O) groups is 8.